The Morgan fingerprint density at radius 3 is 1.95 bits per heavy atom. The molecule has 0 spiro atoms. The van der Waals surface area contributed by atoms with Gasteiger partial charge in [0.05, 0.1) is 28.9 Å². The SMILES string of the molecule is COC(=O)C(OC)N(c1cc(C(F)(F)F)cc(C(F)(F)F)c1Cl)c1nc(C(F)(F)F)c(Cl)c(=O)n1CC(C)C. The Kier molecular flexibility index (Phi) is 9.51. The van der Waals surface area contributed by atoms with E-state index in [9.17, 15) is 49.1 Å². The number of carbonyl (C=O) groups excluding carboxylic acids is 1. The largest absolute Gasteiger partial charge is 0.466 e. The highest BCUT2D eigenvalue weighted by Gasteiger charge is 2.44. The van der Waals surface area contributed by atoms with Gasteiger partial charge < -0.3 is 9.47 Å². The first-order valence-electron chi connectivity index (χ1n) is 10.4. The van der Waals surface area contributed by atoms with Gasteiger partial charge in [0.2, 0.25) is 12.2 Å². The van der Waals surface area contributed by atoms with Gasteiger partial charge in [-0.25, -0.2) is 9.78 Å². The summed E-state index contributed by atoms with van der Waals surface area (Å²) in [7, 11) is 1.49. The molecule has 1 aromatic heterocycles. The number of ether oxygens (including phenoxy) is 2. The minimum absolute atomic E-state index is 0.0280. The summed E-state index contributed by atoms with van der Waals surface area (Å²) in [5, 5.41) is -2.92. The van der Waals surface area contributed by atoms with Crippen molar-refractivity contribution in [3.8, 4) is 0 Å². The fraction of sp³-hybridized carbons (Fsp3) is 0.476. The first-order chi connectivity index (χ1) is 17.7. The lowest BCUT2D eigenvalue weighted by molar-refractivity contribution is -0.151. The molecule has 0 amide bonds. The van der Waals surface area contributed by atoms with Gasteiger partial charge in [0.25, 0.3) is 5.56 Å². The van der Waals surface area contributed by atoms with Crippen LogP contribution >= 0.6 is 23.2 Å². The van der Waals surface area contributed by atoms with Crippen LogP contribution in [0.15, 0.2) is 16.9 Å². The summed E-state index contributed by atoms with van der Waals surface area (Å²) in [6.45, 7) is 2.44. The number of carbonyl (C=O) groups is 1. The van der Waals surface area contributed by atoms with Crippen molar-refractivity contribution in [2.75, 3.05) is 19.1 Å². The Bertz CT molecular complexity index is 1290. The van der Waals surface area contributed by atoms with Crippen LogP contribution in [-0.4, -0.2) is 36.0 Å². The van der Waals surface area contributed by atoms with Gasteiger partial charge in [-0.15, -0.1) is 0 Å². The van der Waals surface area contributed by atoms with Crippen molar-refractivity contribution < 1.29 is 53.8 Å². The van der Waals surface area contributed by atoms with E-state index < -0.39 is 87.2 Å². The summed E-state index contributed by atoms with van der Waals surface area (Å²) >= 11 is 11.5. The number of nitrogens with zero attached hydrogens (tertiary/aromatic N) is 3. The topological polar surface area (TPSA) is 73.7 Å². The van der Waals surface area contributed by atoms with E-state index in [0.717, 1.165) is 14.2 Å². The normalized spacial score (nSPS) is 13.5. The van der Waals surface area contributed by atoms with Crippen molar-refractivity contribution in [3.05, 3.63) is 49.4 Å². The van der Waals surface area contributed by atoms with E-state index in [2.05, 4.69) is 9.72 Å². The number of esters is 1. The average molecular weight is 618 g/mol. The highest BCUT2D eigenvalue weighted by Crippen LogP contribution is 2.46. The molecule has 0 saturated carbocycles. The summed E-state index contributed by atoms with van der Waals surface area (Å²) in [5.41, 5.74) is -8.92. The molecule has 0 aliphatic rings. The zero-order valence-corrected chi connectivity index (χ0v) is 21.7. The summed E-state index contributed by atoms with van der Waals surface area (Å²) < 4.78 is 133. The molecule has 0 aliphatic carbocycles. The molecule has 18 heteroatoms. The van der Waals surface area contributed by atoms with Gasteiger partial charge in [-0.1, -0.05) is 37.0 Å². The molecule has 0 bridgehead atoms. The molecule has 1 unspecified atom stereocenters. The number of hydrogen-bond donors (Lipinski definition) is 0. The monoisotopic (exact) mass is 617 g/mol. The molecule has 1 heterocycles. The first kappa shape index (κ1) is 32.5. The number of rotatable bonds is 7. The van der Waals surface area contributed by atoms with Gasteiger partial charge >= 0.3 is 24.5 Å². The van der Waals surface area contributed by atoms with E-state index in [0.29, 0.717) is 4.57 Å². The van der Waals surface area contributed by atoms with Crippen LogP contribution in [0.25, 0.3) is 0 Å². The second-order valence-electron chi connectivity index (χ2n) is 8.22. The molecule has 0 aliphatic heterocycles. The lowest BCUT2D eigenvalue weighted by Crippen LogP contribution is -2.45. The Balaban J connectivity index is 3.24. The average Bonchev–Trinajstić information content (AvgIpc) is 2.78. The summed E-state index contributed by atoms with van der Waals surface area (Å²) in [5.74, 6) is -3.33. The van der Waals surface area contributed by atoms with Crippen LogP contribution in [0.5, 0.6) is 0 Å². The lowest BCUT2D eigenvalue weighted by atomic mass is 10.1. The first-order valence-corrected chi connectivity index (χ1v) is 11.2. The highest BCUT2D eigenvalue weighted by molar-refractivity contribution is 6.34. The third kappa shape index (κ3) is 6.90. The molecular weight excluding hydrogens is 600 g/mol. The van der Waals surface area contributed by atoms with Crippen LogP contribution < -0.4 is 10.5 Å². The van der Waals surface area contributed by atoms with E-state index >= 15 is 0 Å². The number of methoxy groups -OCH3 is 2. The Hall–Kier alpha value is -2.72. The molecule has 0 N–H and O–H groups in total. The predicted octanol–water partition coefficient (Wildman–Crippen LogP) is 6.55. The number of benzene rings is 1. The van der Waals surface area contributed by atoms with Crippen LogP contribution in [0, 0.1) is 5.92 Å². The van der Waals surface area contributed by atoms with E-state index in [4.69, 9.17) is 27.9 Å². The third-order valence-electron chi connectivity index (χ3n) is 4.93. The van der Waals surface area contributed by atoms with Crippen LogP contribution in [0.4, 0.5) is 51.1 Å². The zero-order chi connectivity index (χ0) is 30.2. The fourth-order valence-corrected chi connectivity index (χ4v) is 3.88. The Morgan fingerprint density at radius 2 is 1.54 bits per heavy atom. The van der Waals surface area contributed by atoms with Crippen molar-refractivity contribution in [3.63, 3.8) is 0 Å². The Morgan fingerprint density at radius 1 is 0.974 bits per heavy atom. The number of halogens is 11. The van der Waals surface area contributed by atoms with Gasteiger partial charge in [0.1, 0.15) is 5.02 Å². The molecule has 7 nitrogen and oxygen atoms in total. The smallest absolute Gasteiger partial charge is 0.435 e. The lowest BCUT2D eigenvalue weighted by Gasteiger charge is -2.33. The predicted molar refractivity (Wildman–Crippen MR) is 120 cm³/mol. The third-order valence-corrected chi connectivity index (χ3v) is 5.67. The van der Waals surface area contributed by atoms with Crippen molar-refractivity contribution in [2.45, 2.75) is 45.1 Å². The number of anilines is 2. The summed E-state index contributed by atoms with van der Waals surface area (Å²) in [6, 6.07) is -0.304. The Labute approximate surface area is 224 Å². The van der Waals surface area contributed by atoms with Crippen LogP contribution in [0.3, 0.4) is 0 Å². The van der Waals surface area contributed by atoms with Gasteiger partial charge in [-0.2, -0.15) is 39.5 Å². The molecule has 2 aromatic rings. The maximum atomic E-state index is 13.7. The minimum atomic E-state index is -5.51. The number of aromatic nitrogens is 2. The summed E-state index contributed by atoms with van der Waals surface area (Å²) in [4.78, 5) is 28.8. The molecule has 218 valence electrons. The van der Waals surface area contributed by atoms with Crippen LogP contribution in [-0.2, 0) is 39.3 Å². The number of hydrogen-bond acceptors (Lipinski definition) is 6. The van der Waals surface area contributed by atoms with Gasteiger partial charge in [0, 0.05) is 13.7 Å². The van der Waals surface area contributed by atoms with Crippen LogP contribution in [0.2, 0.25) is 10.0 Å². The van der Waals surface area contributed by atoms with Gasteiger partial charge in [-0.3, -0.25) is 14.3 Å². The second kappa shape index (κ2) is 11.4. The molecule has 1 aromatic carbocycles. The second-order valence-corrected chi connectivity index (χ2v) is 8.97. The van der Waals surface area contributed by atoms with Crippen molar-refractivity contribution >= 4 is 40.8 Å². The number of alkyl halides is 9. The van der Waals surface area contributed by atoms with Crippen molar-refractivity contribution in [2.24, 2.45) is 5.92 Å². The minimum Gasteiger partial charge on any atom is -0.466 e. The summed E-state index contributed by atoms with van der Waals surface area (Å²) in [6.07, 6.45) is -18.7. The van der Waals surface area contributed by atoms with E-state index in [1.807, 2.05) is 0 Å². The van der Waals surface area contributed by atoms with Gasteiger partial charge in [0.15, 0.2) is 5.69 Å². The zero-order valence-electron chi connectivity index (χ0n) is 20.1. The van der Waals surface area contributed by atoms with Crippen molar-refractivity contribution in [1.82, 2.24) is 9.55 Å². The highest BCUT2D eigenvalue weighted by atomic mass is 35.5. The van der Waals surface area contributed by atoms with E-state index in [-0.39, 0.29) is 17.0 Å². The molecular formula is C21H18Cl2F9N3O4. The van der Waals surface area contributed by atoms with Crippen molar-refractivity contribution in [1.29, 1.82) is 0 Å². The maximum absolute atomic E-state index is 13.7. The maximum Gasteiger partial charge on any atom is 0.435 e. The van der Waals surface area contributed by atoms with Crippen LogP contribution in [0.1, 0.15) is 30.7 Å². The molecule has 2 rings (SSSR count). The fourth-order valence-electron chi connectivity index (χ4n) is 3.32. The molecule has 39 heavy (non-hydrogen) atoms. The van der Waals surface area contributed by atoms with Gasteiger partial charge in [-0.05, 0) is 18.1 Å². The van der Waals surface area contributed by atoms with E-state index in [1.54, 1.807) is 0 Å². The standard InChI is InChI=1S/C21H18Cl2F9N3O4/c1-8(2)7-34-15(36)13(23)14(21(30,31)32)33-18(34)35(16(38-3)17(37)39-4)11-6-9(19(24,25)26)5-10(12(11)22)20(27,28)29/h5-6,8,16H,7H2,1-4H3. The molecule has 0 saturated heterocycles. The molecule has 0 radical (unpaired) electrons. The van der Waals surface area contributed by atoms with E-state index in [1.165, 1.54) is 13.8 Å². The quantitative estimate of drug-likeness (QED) is 0.199. The molecule has 0 fully saturated rings. The molecule has 1 atom stereocenters.